The monoisotopic (exact) mass is 373 g/mol. The maximum absolute atomic E-state index is 13.4. The molecule has 0 spiro atoms. The number of pyridine rings is 1. The van der Waals surface area contributed by atoms with Gasteiger partial charge in [0.15, 0.2) is 0 Å². The Balaban J connectivity index is 2.24. The number of aromatic nitrogens is 1. The van der Waals surface area contributed by atoms with Crippen LogP contribution in [0.3, 0.4) is 0 Å². The van der Waals surface area contributed by atoms with E-state index in [9.17, 15) is 18.0 Å². The Morgan fingerprint density at radius 3 is 2.56 bits per heavy atom. The maximum atomic E-state index is 13.4. The third kappa shape index (κ3) is 3.90. The predicted octanol–water partition coefficient (Wildman–Crippen LogP) is 5.33. The van der Waals surface area contributed by atoms with Gasteiger partial charge in [-0.05, 0) is 31.2 Å². The van der Waals surface area contributed by atoms with Gasteiger partial charge < -0.3 is 0 Å². The zero-order chi connectivity index (χ0) is 19.6. The van der Waals surface area contributed by atoms with Crippen LogP contribution in [0.4, 0.5) is 18.9 Å². The highest BCUT2D eigenvalue weighted by molar-refractivity contribution is 5.66. The van der Waals surface area contributed by atoms with E-state index in [0.717, 1.165) is 29.3 Å². The van der Waals surface area contributed by atoms with Crippen LogP contribution in [0.15, 0.2) is 53.0 Å². The van der Waals surface area contributed by atoms with E-state index in [2.05, 4.69) is 10.3 Å². The molecule has 7 heteroatoms. The molecule has 1 aliphatic rings. The molecule has 1 atom stereocenters. The summed E-state index contributed by atoms with van der Waals surface area (Å²) in [6, 6.07) is 9.22. The van der Waals surface area contributed by atoms with Crippen molar-refractivity contribution in [2.45, 2.75) is 32.4 Å². The molecular formula is C20H18F3N3O. The predicted molar refractivity (Wildman–Crippen MR) is 97.9 cm³/mol. The average molecular weight is 373 g/mol. The number of nitrogens with zero attached hydrogens (tertiary/aromatic N) is 2. The maximum Gasteiger partial charge on any atom is 0.407 e. The highest BCUT2D eigenvalue weighted by atomic mass is 19.4. The van der Waals surface area contributed by atoms with E-state index in [0.29, 0.717) is 17.9 Å². The van der Waals surface area contributed by atoms with E-state index >= 15 is 0 Å². The van der Waals surface area contributed by atoms with Gasteiger partial charge in [-0.3, -0.25) is 10.2 Å². The lowest BCUT2D eigenvalue weighted by Crippen LogP contribution is -2.32. The zero-order valence-electron chi connectivity index (χ0n) is 14.7. The number of allylic oxidation sites excluding steroid dienone is 2. The summed E-state index contributed by atoms with van der Waals surface area (Å²) in [5.74, 6) is 0.312. The Bertz CT molecular complexity index is 969. The van der Waals surface area contributed by atoms with Crippen LogP contribution in [-0.2, 0) is 6.18 Å². The Kier molecular flexibility index (Phi) is 5.08. The quantitative estimate of drug-likeness (QED) is 0.739. The van der Waals surface area contributed by atoms with Gasteiger partial charge in [0.05, 0.1) is 17.8 Å². The molecule has 0 saturated carbocycles. The van der Waals surface area contributed by atoms with Crippen LogP contribution in [0.5, 0.6) is 0 Å². The van der Waals surface area contributed by atoms with Gasteiger partial charge >= 0.3 is 6.18 Å². The number of hydrogen-bond donors (Lipinski definition) is 1. The molecule has 1 aliphatic carbocycles. The molecule has 1 aromatic heterocycles. The molecule has 27 heavy (non-hydrogen) atoms. The van der Waals surface area contributed by atoms with Crippen LogP contribution in [-0.4, -0.2) is 4.68 Å². The van der Waals surface area contributed by atoms with E-state index < -0.39 is 23.0 Å². The summed E-state index contributed by atoms with van der Waals surface area (Å²) in [6.45, 7) is 9.14. The van der Waals surface area contributed by atoms with Crippen LogP contribution >= 0.6 is 0 Å². The standard InChI is InChI=1S/C20H18F3N3O/c1-13-7-6-10-15(11-13)25-26-17(14-8-4-3-5-9-14)12-16(20(21,22)23)18(24-2)19(26)27/h3-5,8-9,11-13,25H,6-7,10H2,1H3. The first-order chi connectivity index (χ1) is 12.8. The third-order valence-corrected chi connectivity index (χ3v) is 4.52. The molecule has 0 saturated heterocycles. The van der Waals surface area contributed by atoms with Gasteiger partial charge in [-0.1, -0.05) is 43.3 Å². The molecule has 2 aromatic rings. The molecule has 1 N–H and O–H groups in total. The summed E-state index contributed by atoms with van der Waals surface area (Å²) in [5, 5.41) is 0. The van der Waals surface area contributed by atoms with Crippen molar-refractivity contribution in [2.75, 3.05) is 5.43 Å². The second kappa shape index (κ2) is 7.31. The first-order valence-electron chi connectivity index (χ1n) is 8.59. The van der Waals surface area contributed by atoms with Crippen molar-refractivity contribution < 1.29 is 13.2 Å². The van der Waals surface area contributed by atoms with Gasteiger partial charge in [0.2, 0.25) is 0 Å². The fourth-order valence-electron chi connectivity index (χ4n) is 3.22. The second-order valence-corrected chi connectivity index (χ2v) is 6.58. The van der Waals surface area contributed by atoms with Crippen LogP contribution < -0.4 is 11.0 Å². The summed E-state index contributed by atoms with van der Waals surface area (Å²) < 4.78 is 41.3. The molecule has 1 heterocycles. The van der Waals surface area contributed by atoms with E-state index in [4.69, 9.17) is 6.57 Å². The van der Waals surface area contributed by atoms with Gasteiger partial charge in [-0.25, -0.2) is 9.52 Å². The molecule has 0 radical (unpaired) electrons. The number of benzene rings is 1. The molecule has 3 rings (SSSR count). The van der Waals surface area contributed by atoms with Crippen molar-refractivity contribution in [3.8, 4) is 11.3 Å². The number of hydrogen-bond acceptors (Lipinski definition) is 2. The van der Waals surface area contributed by atoms with Crippen LogP contribution in [0.2, 0.25) is 0 Å². The van der Waals surface area contributed by atoms with Gasteiger partial charge in [-0.15, -0.1) is 0 Å². The minimum absolute atomic E-state index is 0.0689. The Labute approximate surface area is 154 Å². The molecule has 0 fully saturated rings. The lowest BCUT2D eigenvalue weighted by Gasteiger charge is -2.23. The van der Waals surface area contributed by atoms with Crippen molar-refractivity contribution in [3.63, 3.8) is 0 Å². The topological polar surface area (TPSA) is 38.4 Å². The summed E-state index contributed by atoms with van der Waals surface area (Å²) in [7, 11) is 0. The molecule has 0 aliphatic heterocycles. The lowest BCUT2D eigenvalue weighted by molar-refractivity contribution is -0.136. The van der Waals surface area contributed by atoms with E-state index in [1.54, 1.807) is 30.3 Å². The molecule has 1 aromatic carbocycles. The van der Waals surface area contributed by atoms with E-state index in [1.165, 1.54) is 0 Å². The van der Waals surface area contributed by atoms with E-state index in [1.807, 2.05) is 13.0 Å². The highest BCUT2D eigenvalue weighted by Gasteiger charge is 2.36. The highest BCUT2D eigenvalue weighted by Crippen LogP contribution is 2.37. The normalized spacial score (nSPS) is 17.1. The smallest absolute Gasteiger partial charge is 0.297 e. The number of nitrogens with one attached hydrogen (secondary N) is 1. The van der Waals surface area contributed by atoms with Crippen LogP contribution in [0, 0.1) is 12.5 Å². The van der Waals surface area contributed by atoms with Gasteiger partial charge in [0.1, 0.15) is 0 Å². The van der Waals surface area contributed by atoms with Crippen LogP contribution in [0.1, 0.15) is 31.7 Å². The van der Waals surface area contributed by atoms with Crippen molar-refractivity contribution in [2.24, 2.45) is 5.92 Å². The summed E-state index contributed by atoms with van der Waals surface area (Å²) in [4.78, 5) is 15.7. The third-order valence-electron chi connectivity index (χ3n) is 4.52. The summed E-state index contributed by atoms with van der Waals surface area (Å²) >= 11 is 0. The van der Waals surface area contributed by atoms with Crippen molar-refractivity contribution in [1.82, 2.24) is 4.68 Å². The number of alkyl halides is 3. The van der Waals surface area contributed by atoms with Crippen molar-refractivity contribution in [3.05, 3.63) is 75.5 Å². The fraction of sp³-hybridized carbons (Fsp3) is 0.300. The minimum Gasteiger partial charge on any atom is -0.297 e. The summed E-state index contributed by atoms with van der Waals surface area (Å²) in [6.07, 6.45) is -0.183. The first-order valence-corrected chi connectivity index (χ1v) is 8.59. The molecule has 0 bridgehead atoms. The average Bonchev–Trinajstić information content (AvgIpc) is 2.63. The van der Waals surface area contributed by atoms with Gasteiger partial charge in [0.25, 0.3) is 11.2 Å². The van der Waals surface area contributed by atoms with E-state index in [-0.39, 0.29) is 5.69 Å². The fourth-order valence-corrected chi connectivity index (χ4v) is 3.22. The minimum atomic E-state index is -4.79. The molecule has 0 amide bonds. The SMILES string of the molecule is [C-]#[N+]c1c(C(F)(F)F)cc(-c2ccccc2)n(NC2=CC(C)CCC2)c1=O. The molecule has 1 unspecified atom stereocenters. The number of halogens is 3. The summed E-state index contributed by atoms with van der Waals surface area (Å²) in [5.41, 5.74) is 1.09. The van der Waals surface area contributed by atoms with Crippen molar-refractivity contribution >= 4 is 5.69 Å². The van der Waals surface area contributed by atoms with Crippen LogP contribution in [0.25, 0.3) is 16.1 Å². The Hall–Kier alpha value is -3.01. The van der Waals surface area contributed by atoms with Crippen molar-refractivity contribution in [1.29, 1.82) is 0 Å². The second-order valence-electron chi connectivity index (χ2n) is 6.58. The van der Waals surface area contributed by atoms with Gasteiger partial charge in [-0.2, -0.15) is 13.2 Å². The molecule has 4 nitrogen and oxygen atoms in total. The largest absolute Gasteiger partial charge is 0.407 e. The molecule has 140 valence electrons. The Morgan fingerprint density at radius 2 is 1.96 bits per heavy atom. The Morgan fingerprint density at radius 1 is 1.26 bits per heavy atom. The molecular weight excluding hydrogens is 355 g/mol. The lowest BCUT2D eigenvalue weighted by atomic mass is 9.96. The van der Waals surface area contributed by atoms with Gasteiger partial charge in [0, 0.05) is 11.3 Å². The number of rotatable bonds is 3. The zero-order valence-corrected chi connectivity index (χ0v) is 14.7. The first kappa shape index (κ1) is 18.8.